The molecule has 0 amide bonds. The number of halogens is 1. The van der Waals surface area contributed by atoms with Crippen LogP contribution in [0.5, 0.6) is 0 Å². The molecule has 0 atom stereocenters. The summed E-state index contributed by atoms with van der Waals surface area (Å²) in [4.78, 5) is 0. The molecule has 0 saturated carbocycles. The smallest absolute Gasteiger partial charge is 0.0254 e. The maximum atomic E-state index is 4.17. The molecule has 0 spiro atoms. The lowest BCUT2D eigenvalue weighted by atomic mass is 9.72. The van der Waals surface area contributed by atoms with Gasteiger partial charge in [-0.05, 0) is 91.1 Å². The van der Waals surface area contributed by atoms with Crippen LogP contribution in [0.2, 0.25) is 0 Å². The van der Waals surface area contributed by atoms with E-state index in [0.717, 1.165) is 0 Å². The highest BCUT2D eigenvalue weighted by atomic mass is 79.9. The summed E-state index contributed by atoms with van der Waals surface area (Å²) >= 11 is 4.17. The zero-order valence-electron chi connectivity index (χ0n) is 25.4. The van der Waals surface area contributed by atoms with Gasteiger partial charge in [0, 0.05) is 4.47 Å². The predicted molar refractivity (Wildman–Crippen MR) is 170 cm³/mol. The van der Waals surface area contributed by atoms with Gasteiger partial charge in [-0.2, -0.15) is 0 Å². The van der Waals surface area contributed by atoms with Crippen molar-refractivity contribution >= 4 is 15.9 Å². The topological polar surface area (TPSA) is 0 Å². The summed E-state index contributed by atoms with van der Waals surface area (Å²) in [5.41, 5.74) is 14.6. The van der Waals surface area contributed by atoms with Crippen molar-refractivity contribution in [2.24, 2.45) is 0 Å². The molecule has 3 aromatic rings. The Morgan fingerprint density at radius 1 is 0.432 bits per heavy atom. The van der Waals surface area contributed by atoms with E-state index in [9.17, 15) is 0 Å². The summed E-state index contributed by atoms with van der Waals surface area (Å²) in [5, 5.41) is 0. The molecule has 1 heteroatoms. The summed E-state index contributed by atoms with van der Waals surface area (Å²) in [6.07, 6.45) is 0. The van der Waals surface area contributed by atoms with Gasteiger partial charge in [0.25, 0.3) is 0 Å². The van der Waals surface area contributed by atoms with Gasteiger partial charge in [0.05, 0.1) is 0 Å². The van der Waals surface area contributed by atoms with Gasteiger partial charge in [-0.15, -0.1) is 0 Å². The van der Waals surface area contributed by atoms with Gasteiger partial charge >= 0.3 is 0 Å². The number of hydrogen-bond donors (Lipinski definition) is 0. The van der Waals surface area contributed by atoms with Crippen molar-refractivity contribution in [1.82, 2.24) is 0 Å². The quantitative estimate of drug-likeness (QED) is 0.257. The average molecular weight is 562 g/mol. The third-order valence-corrected chi connectivity index (χ3v) is 8.57. The molecule has 0 aromatic heterocycles. The Labute approximate surface area is 236 Å². The van der Waals surface area contributed by atoms with Crippen molar-refractivity contribution in [3.63, 3.8) is 0 Å². The van der Waals surface area contributed by atoms with E-state index in [1.165, 1.54) is 54.5 Å². The molecule has 0 fully saturated rings. The molecule has 0 N–H and O–H groups in total. The van der Waals surface area contributed by atoms with E-state index >= 15 is 0 Å². The first-order valence-electron chi connectivity index (χ1n) is 14.4. The molecule has 0 heterocycles. The molecule has 3 rings (SSSR count). The van der Waals surface area contributed by atoms with Crippen molar-refractivity contribution in [2.75, 3.05) is 0 Å². The van der Waals surface area contributed by atoms with E-state index in [2.05, 4.69) is 141 Å². The van der Waals surface area contributed by atoms with Crippen LogP contribution in [0.15, 0.2) is 46.9 Å². The Bertz CT molecular complexity index is 1220. The first-order chi connectivity index (χ1) is 17.3. The lowest BCUT2D eigenvalue weighted by Crippen LogP contribution is -2.13. The first kappa shape index (κ1) is 29.7. The van der Waals surface area contributed by atoms with E-state index in [0.29, 0.717) is 35.5 Å². The summed E-state index contributed by atoms with van der Waals surface area (Å²) < 4.78 is 1.30. The summed E-state index contributed by atoms with van der Waals surface area (Å²) in [5.74, 6) is 2.63. The Hall–Kier alpha value is -1.86. The van der Waals surface area contributed by atoms with Gasteiger partial charge in [-0.1, -0.05) is 141 Å². The van der Waals surface area contributed by atoms with Crippen LogP contribution in [0.4, 0.5) is 0 Å². The van der Waals surface area contributed by atoms with Crippen molar-refractivity contribution < 1.29 is 0 Å². The molecule has 200 valence electrons. The minimum absolute atomic E-state index is 0.393. The molecule has 0 aliphatic rings. The van der Waals surface area contributed by atoms with Crippen LogP contribution in [-0.4, -0.2) is 0 Å². The van der Waals surface area contributed by atoms with Crippen LogP contribution < -0.4 is 0 Å². The van der Waals surface area contributed by atoms with E-state index in [1.807, 2.05) is 0 Å². The third-order valence-electron chi connectivity index (χ3n) is 7.71. The zero-order valence-corrected chi connectivity index (χ0v) is 27.0. The summed E-state index contributed by atoms with van der Waals surface area (Å²) in [6.45, 7) is 28.4. The zero-order chi connectivity index (χ0) is 27.8. The normalized spacial score (nSPS) is 12.3. The Balaban J connectivity index is 2.74. The van der Waals surface area contributed by atoms with Gasteiger partial charge < -0.3 is 0 Å². The molecule has 0 unspecified atom stereocenters. The highest BCUT2D eigenvalue weighted by Gasteiger charge is 2.31. The maximum absolute atomic E-state index is 4.17. The highest BCUT2D eigenvalue weighted by molar-refractivity contribution is 9.10. The molecule has 0 aliphatic carbocycles. The largest absolute Gasteiger partial charge is 0.0622 e. The second kappa shape index (κ2) is 11.9. The van der Waals surface area contributed by atoms with Gasteiger partial charge in [0.15, 0.2) is 0 Å². The summed E-state index contributed by atoms with van der Waals surface area (Å²) in [6, 6.07) is 16.0. The van der Waals surface area contributed by atoms with E-state index in [-0.39, 0.29) is 0 Å². The molecular formula is C36H49Br. The van der Waals surface area contributed by atoms with Crippen molar-refractivity contribution in [3.8, 4) is 22.3 Å². The highest BCUT2D eigenvalue weighted by Crippen LogP contribution is 2.52. The SMILES string of the molecule is CC(C)c1ccc(-c2c(-c3ccccc3)c(C(C)C)c(Br)c(C(C)C)c2C(C)C)c(C(C)C)c1C(C)C. The fraction of sp³-hybridized carbons (Fsp3) is 0.500. The second-order valence-electron chi connectivity index (χ2n) is 12.6. The van der Waals surface area contributed by atoms with Crippen molar-refractivity contribution in [1.29, 1.82) is 0 Å². The third kappa shape index (κ3) is 5.63. The van der Waals surface area contributed by atoms with Crippen LogP contribution >= 0.6 is 15.9 Å². The standard InChI is InChI=1S/C36H49Br/c1-20(2)27-18-19-28(30(22(5)6)29(27)21(3)4)35-31(23(7)8)32(24(9)10)36(37)33(25(11)12)34(35)26-16-14-13-15-17-26/h13-25H,1-12H3. The molecule has 37 heavy (non-hydrogen) atoms. The molecular weight excluding hydrogens is 512 g/mol. The molecule has 0 nitrogen and oxygen atoms in total. The fourth-order valence-corrected chi connectivity index (χ4v) is 7.64. The Kier molecular flexibility index (Phi) is 9.55. The molecule has 0 radical (unpaired) electrons. The van der Waals surface area contributed by atoms with Crippen LogP contribution in [-0.2, 0) is 0 Å². The van der Waals surface area contributed by atoms with Crippen molar-refractivity contribution in [3.05, 3.63) is 80.3 Å². The average Bonchev–Trinajstić information content (AvgIpc) is 2.81. The number of hydrogen-bond acceptors (Lipinski definition) is 0. The monoisotopic (exact) mass is 560 g/mol. The molecule has 0 saturated heterocycles. The predicted octanol–water partition coefficient (Wildman–Crippen LogP) is 12.5. The van der Waals surface area contributed by atoms with Crippen LogP contribution in [0.3, 0.4) is 0 Å². The van der Waals surface area contributed by atoms with E-state index in [1.54, 1.807) is 5.56 Å². The number of benzene rings is 3. The first-order valence-corrected chi connectivity index (χ1v) is 15.2. The van der Waals surface area contributed by atoms with Gasteiger partial charge in [-0.3, -0.25) is 0 Å². The minimum Gasteiger partial charge on any atom is -0.0622 e. The maximum Gasteiger partial charge on any atom is 0.0254 e. The van der Waals surface area contributed by atoms with Crippen molar-refractivity contribution in [2.45, 2.75) is 119 Å². The summed E-state index contributed by atoms with van der Waals surface area (Å²) in [7, 11) is 0. The lowest BCUT2D eigenvalue weighted by molar-refractivity contribution is 0.747. The second-order valence-corrected chi connectivity index (χ2v) is 13.4. The Morgan fingerprint density at radius 3 is 1.35 bits per heavy atom. The minimum atomic E-state index is 0.393. The van der Waals surface area contributed by atoms with Gasteiger partial charge in [0.2, 0.25) is 0 Å². The van der Waals surface area contributed by atoms with E-state index < -0.39 is 0 Å². The Morgan fingerprint density at radius 2 is 0.919 bits per heavy atom. The van der Waals surface area contributed by atoms with Crippen LogP contribution in [0, 0.1) is 0 Å². The van der Waals surface area contributed by atoms with Gasteiger partial charge in [0.1, 0.15) is 0 Å². The van der Waals surface area contributed by atoms with Gasteiger partial charge in [-0.25, -0.2) is 0 Å². The molecule has 3 aromatic carbocycles. The number of rotatable bonds is 8. The molecule has 0 bridgehead atoms. The lowest BCUT2D eigenvalue weighted by Gasteiger charge is -2.33. The molecule has 0 aliphatic heterocycles. The van der Waals surface area contributed by atoms with E-state index in [4.69, 9.17) is 0 Å². The van der Waals surface area contributed by atoms with Crippen LogP contribution in [0.1, 0.15) is 152 Å². The van der Waals surface area contributed by atoms with Crippen LogP contribution in [0.25, 0.3) is 22.3 Å². The fourth-order valence-electron chi connectivity index (χ4n) is 6.31.